The summed E-state index contributed by atoms with van der Waals surface area (Å²) in [6.45, 7) is 3.20. The maximum absolute atomic E-state index is 12.4. The van der Waals surface area contributed by atoms with Gasteiger partial charge in [-0.15, -0.1) is 0 Å². The van der Waals surface area contributed by atoms with Crippen LogP contribution >= 0.6 is 15.9 Å². The zero-order valence-electron chi connectivity index (χ0n) is 9.82. The third-order valence-electron chi connectivity index (χ3n) is 3.08. The smallest absolute Gasteiger partial charge is 0.207 e. The third kappa shape index (κ3) is 2.72. The van der Waals surface area contributed by atoms with Crippen molar-refractivity contribution < 1.29 is 8.42 Å². The molecule has 1 aliphatic heterocycles. The van der Waals surface area contributed by atoms with Gasteiger partial charge in [-0.1, -0.05) is 22.4 Å². The van der Waals surface area contributed by atoms with E-state index < -0.39 is 10.0 Å². The summed E-state index contributed by atoms with van der Waals surface area (Å²) in [6.07, 6.45) is 3.06. The van der Waals surface area contributed by atoms with Gasteiger partial charge in [-0.3, -0.25) is 0 Å². The predicted molar refractivity (Wildman–Crippen MR) is 71.5 cm³/mol. The van der Waals surface area contributed by atoms with Crippen LogP contribution in [-0.2, 0) is 10.0 Å². The summed E-state index contributed by atoms with van der Waals surface area (Å²) in [4.78, 5) is 0.403. The molecular formula is C12H16BrNO2S. The first-order valence-electron chi connectivity index (χ1n) is 5.78. The fourth-order valence-corrected chi connectivity index (χ4v) is 3.88. The number of hydrogen-bond donors (Lipinski definition) is 0. The molecule has 0 radical (unpaired) electrons. The molecule has 0 aliphatic carbocycles. The van der Waals surface area contributed by atoms with Gasteiger partial charge in [-0.05, 0) is 43.5 Å². The molecule has 0 spiro atoms. The van der Waals surface area contributed by atoms with Crippen LogP contribution < -0.4 is 0 Å². The number of sulfonamides is 1. The third-order valence-corrected chi connectivity index (χ3v) is 5.87. The van der Waals surface area contributed by atoms with E-state index in [9.17, 15) is 8.42 Å². The number of nitrogens with zero attached hydrogens (tertiary/aromatic N) is 1. The van der Waals surface area contributed by atoms with Crippen molar-refractivity contribution in [1.82, 2.24) is 4.31 Å². The molecule has 1 saturated heterocycles. The van der Waals surface area contributed by atoms with E-state index in [0.717, 1.165) is 29.3 Å². The molecule has 94 valence electrons. The molecule has 1 fully saturated rings. The minimum atomic E-state index is -3.29. The lowest BCUT2D eigenvalue weighted by Gasteiger charge is -2.26. The highest BCUT2D eigenvalue weighted by Crippen LogP contribution is 2.24. The summed E-state index contributed by atoms with van der Waals surface area (Å²) in [5, 5.41) is 0. The van der Waals surface area contributed by atoms with Crippen molar-refractivity contribution in [3.63, 3.8) is 0 Å². The second-order valence-corrected chi connectivity index (χ2v) is 7.17. The molecule has 0 atom stereocenters. The van der Waals surface area contributed by atoms with Crippen LogP contribution in [-0.4, -0.2) is 25.8 Å². The van der Waals surface area contributed by atoms with Crippen LogP contribution in [0.3, 0.4) is 0 Å². The molecule has 0 saturated carbocycles. The topological polar surface area (TPSA) is 37.4 Å². The fourth-order valence-electron chi connectivity index (χ4n) is 2.03. The molecule has 5 heteroatoms. The van der Waals surface area contributed by atoms with Crippen molar-refractivity contribution >= 4 is 26.0 Å². The van der Waals surface area contributed by atoms with Gasteiger partial charge in [0.15, 0.2) is 0 Å². The van der Waals surface area contributed by atoms with E-state index in [1.54, 1.807) is 22.5 Å². The number of benzene rings is 1. The Kier molecular flexibility index (Phi) is 3.90. The Labute approximate surface area is 111 Å². The molecule has 1 heterocycles. The van der Waals surface area contributed by atoms with Crippen molar-refractivity contribution in [2.45, 2.75) is 31.1 Å². The van der Waals surface area contributed by atoms with Gasteiger partial charge in [0, 0.05) is 17.6 Å². The highest BCUT2D eigenvalue weighted by molar-refractivity contribution is 9.10. The van der Waals surface area contributed by atoms with Crippen LogP contribution in [0.2, 0.25) is 0 Å². The summed E-state index contributed by atoms with van der Waals surface area (Å²) in [6, 6.07) is 5.20. The van der Waals surface area contributed by atoms with Crippen LogP contribution in [0.25, 0.3) is 0 Å². The molecule has 1 aromatic carbocycles. The second-order valence-electron chi connectivity index (χ2n) is 4.38. The van der Waals surface area contributed by atoms with Crippen molar-refractivity contribution in [2.75, 3.05) is 13.1 Å². The number of rotatable bonds is 2. The lowest BCUT2D eigenvalue weighted by atomic mass is 10.2. The van der Waals surface area contributed by atoms with E-state index in [-0.39, 0.29) is 0 Å². The van der Waals surface area contributed by atoms with Crippen molar-refractivity contribution in [3.8, 4) is 0 Å². The Morgan fingerprint density at radius 2 is 1.82 bits per heavy atom. The van der Waals surface area contributed by atoms with Gasteiger partial charge in [0.1, 0.15) is 0 Å². The first kappa shape index (κ1) is 13.1. The Morgan fingerprint density at radius 1 is 1.18 bits per heavy atom. The standard InChI is InChI=1S/C12H16BrNO2S/c1-10-9-11(5-6-12(10)13)17(15,16)14-7-3-2-4-8-14/h5-6,9H,2-4,7-8H2,1H3. The SMILES string of the molecule is Cc1cc(S(=O)(=O)N2CCCCC2)ccc1Br. The maximum atomic E-state index is 12.4. The van der Waals surface area contributed by atoms with E-state index in [1.165, 1.54) is 0 Å². The first-order valence-corrected chi connectivity index (χ1v) is 8.01. The molecular weight excluding hydrogens is 302 g/mol. The number of halogens is 1. The van der Waals surface area contributed by atoms with Crippen molar-refractivity contribution in [2.24, 2.45) is 0 Å². The van der Waals surface area contributed by atoms with E-state index >= 15 is 0 Å². The van der Waals surface area contributed by atoms with Crippen molar-refractivity contribution in [1.29, 1.82) is 0 Å². The number of hydrogen-bond acceptors (Lipinski definition) is 2. The summed E-state index contributed by atoms with van der Waals surface area (Å²) < 4.78 is 27.3. The molecule has 3 nitrogen and oxygen atoms in total. The van der Waals surface area contributed by atoms with Crippen LogP contribution in [0.1, 0.15) is 24.8 Å². The Balaban J connectivity index is 2.33. The molecule has 17 heavy (non-hydrogen) atoms. The second kappa shape index (κ2) is 5.08. The van der Waals surface area contributed by atoms with Gasteiger partial charge in [0.2, 0.25) is 10.0 Å². The lowest BCUT2D eigenvalue weighted by molar-refractivity contribution is 0.346. The zero-order valence-corrected chi connectivity index (χ0v) is 12.2. The van der Waals surface area contributed by atoms with Gasteiger partial charge >= 0.3 is 0 Å². The normalized spacial score (nSPS) is 18.2. The van der Waals surface area contributed by atoms with Crippen LogP contribution in [0.15, 0.2) is 27.6 Å². The highest BCUT2D eigenvalue weighted by Gasteiger charge is 2.25. The summed E-state index contributed by atoms with van der Waals surface area (Å²) >= 11 is 3.38. The molecule has 0 aromatic heterocycles. The van der Waals surface area contributed by atoms with Gasteiger partial charge in [-0.2, -0.15) is 4.31 Å². The minimum Gasteiger partial charge on any atom is -0.207 e. The monoisotopic (exact) mass is 317 g/mol. The Bertz CT molecular complexity index is 507. The Morgan fingerprint density at radius 3 is 2.41 bits per heavy atom. The largest absolute Gasteiger partial charge is 0.243 e. The predicted octanol–water partition coefficient (Wildman–Crippen LogP) is 2.93. The van der Waals surface area contributed by atoms with Gasteiger partial charge in [0.05, 0.1) is 4.90 Å². The molecule has 0 bridgehead atoms. The molecule has 0 unspecified atom stereocenters. The molecule has 0 N–H and O–H groups in total. The summed E-state index contributed by atoms with van der Waals surface area (Å²) in [5.74, 6) is 0. The van der Waals surface area contributed by atoms with E-state index in [2.05, 4.69) is 15.9 Å². The van der Waals surface area contributed by atoms with Crippen LogP contribution in [0.4, 0.5) is 0 Å². The molecule has 1 aliphatic rings. The van der Waals surface area contributed by atoms with Crippen LogP contribution in [0.5, 0.6) is 0 Å². The molecule has 1 aromatic rings. The van der Waals surface area contributed by atoms with Gasteiger partial charge in [-0.25, -0.2) is 8.42 Å². The quantitative estimate of drug-likeness (QED) is 0.841. The van der Waals surface area contributed by atoms with Gasteiger partial charge < -0.3 is 0 Å². The summed E-state index contributed by atoms with van der Waals surface area (Å²) in [7, 11) is -3.29. The number of piperidine rings is 1. The van der Waals surface area contributed by atoms with E-state index in [4.69, 9.17) is 0 Å². The number of aryl methyl sites for hydroxylation is 1. The zero-order chi connectivity index (χ0) is 12.5. The van der Waals surface area contributed by atoms with E-state index in [0.29, 0.717) is 18.0 Å². The first-order chi connectivity index (χ1) is 8.01. The van der Waals surface area contributed by atoms with Gasteiger partial charge in [0.25, 0.3) is 0 Å². The average molecular weight is 318 g/mol. The van der Waals surface area contributed by atoms with Crippen molar-refractivity contribution in [3.05, 3.63) is 28.2 Å². The molecule has 0 amide bonds. The summed E-state index contributed by atoms with van der Waals surface area (Å²) in [5.41, 5.74) is 0.947. The highest BCUT2D eigenvalue weighted by atomic mass is 79.9. The van der Waals surface area contributed by atoms with E-state index in [1.807, 2.05) is 6.92 Å². The average Bonchev–Trinajstić information content (AvgIpc) is 2.33. The molecule has 2 rings (SSSR count). The Hall–Kier alpha value is -0.390. The maximum Gasteiger partial charge on any atom is 0.243 e. The lowest BCUT2D eigenvalue weighted by Crippen LogP contribution is -2.35. The fraction of sp³-hybridized carbons (Fsp3) is 0.500. The minimum absolute atomic E-state index is 0.403. The van der Waals surface area contributed by atoms with Crippen LogP contribution in [0, 0.1) is 6.92 Å².